The Bertz CT molecular complexity index is 792. The Balaban J connectivity index is 1.95. The summed E-state index contributed by atoms with van der Waals surface area (Å²) in [6.45, 7) is 0. The van der Waals surface area contributed by atoms with Gasteiger partial charge in [-0.2, -0.15) is 0 Å². The van der Waals surface area contributed by atoms with Crippen molar-refractivity contribution in [3.63, 3.8) is 0 Å². The topological polar surface area (TPSA) is 17.1 Å². The maximum absolute atomic E-state index is 12.4. The van der Waals surface area contributed by atoms with E-state index in [1.54, 1.807) is 29.5 Å². The molecule has 0 amide bonds. The highest BCUT2D eigenvalue weighted by Gasteiger charge is 2.15. The van der Waals surface area contributed by atoms with Crippen LogP contribution < -0.4 is 0 Å². The summed E-state index contributed by atoms with van der Waals surface area (Å²) in [5.41, 5.74) is 1.51. The summed E-state index contributed by atoms with van der Waals surface area (Å²) >= 11 is 13.7. The molecule has 0 aliphatic rings. The number of rotatable bonds is 3. The summed E-state index contributed by atoms with van der Waals surface area (Å²) in [5, 5.41) is 3.90. The van der Waals surface area contributed by atoms with E-state index in [4.69, 9.17) is 23.2 Å². The molecule has 0 radical (unpaired) electrons. The third-order valence-corrected chi connectivity index (χ3v) is 5.00. The van der Waals surface area contributed by atoms with Gasteiger partial charge < -0.3 is 0 Å². The monoisotopic (exact) mass is 320 g/mol. The van der Waals surface area contributed by atoms with Gasteiger partial charge in [0.25, 0.3) is 0 Å². The fraction of sp³-hybridized carbons (Fsp3) is 0.0625. The Hall–Kier alpha value is -1.35. The van der Waals surface area contributed by atoms with Crippen LogP contribution in [0.4, 0.5) is 0 Å². The zero-order chi connectivity index (χ0) is 14.1. The van der Waals surface area contributed by atoms with Gasteiger partial charge >= 0.3 is 0 Å². The van der Waals surface area contributed by atoms with Gasteiger partial charge in [-0.1, -0.05) is 47.5 Å². The molecule has 0 aliphatic carbocycles. The minimum Gasteiger partial charge on any atom is -0.294 e. The number of thiophene rings is 1. The number of halogens is 2. The standard InChI is InChI=1S/C16H10Cl2OS/c17-13-6-3-5-12(16(13)18)14(19)8-10-9-20-15-7-2-1-4-11(10)15/h1-7,9H,8H2. The van der Waals surface area contributed by atoms with E-state index in [0.717, 1.165) is 10.9 Å². The molecule has 1 aromatic heterocycles. The average molecular weight is 321 g/mol. The lowest BCUT2D eigenvalue weighted by Crippen LogP contribution is -2.04. The van der Waals surface area contributed by atoms with Gasteiger partial charge in [-0.25, -0.2) is 0 Å². The maximum Gasteiger partial charge on any atom is 0.168 e. The first-order valence-corrected chi connectivity index (χ1v) is 7.72. The Labute approximate surface area is 130 Å². The van der Waals surface area contributed by atoms with Crippen LogP contribution in [0.2, 0.25) is 10.0 Å². The molecule has 0 bridgehead atoms. The van der Waals surface area contributed by atoms with E-state index in [0.29, 0.717) is 22.0 Å². The highest BCUT2D eigenvalue weighted by Crippen LogP contribution is 2.29. The minimum absolute atomic E-state index is 0.0129. The van der Waals surface area contributed by atoms with Crippen LogP contribution in [0.15, 0.2) is 47.8 Å². The third kappa shape index (κ3) is 2.47. The number of carbonyl (C=O) groups is 1. The van der Waals surface area contributed by atoms with E-state index in [1.165, 1.54) is 4.70 Å². The maximum atomic E-state index is 12.4. The molecule has 0 aliphatic heterocycles. The van der Waals surface area contributed by atoms with Crippen molar-refractivity contribution in [3.05, 3.63) is 69.0 Å². The van der Waals surface area contributed by atoms with Gasteiger partial charge in [0, 0.05) is 16.7 Å². The van der Waals surface area contributed by atoms with Crippen LogP contribution in [-0.2, 0) is 6.42 Å². The van der Waals surface area contributed by atoms with Gasteiger partial charge in [-0.05, 0) is 34.5 Å². The summed E-state index contributed by atoms with van der Waals surface area (Å²) in [6, 6.07) is 13.2. The molecule has 20 heavy (non-hydrogen) atoms. The summed E-state index contributed by atoms with van der Waals surface area (Å²) in [4.78, 5) is 12.4. The van der Waals surface area contributed by atoms with Crippen LogP contribution in [-0.4, -0.2) is 5.78 Å². The first-order chi connectivity index (χ1) is 9.66. The number of fused-ring (bicyclic) bond motifs is 1. The predicted molar refractivity (Wildman–Crippen MR) is 86.3 cm³/mol. The van der Waals surface area contributed by atoms with Crippen LogP contribution in [0.25, 0.3) is 10.1 Å². The SMILES string of the molecule is O=C(Cc1csc2ccccc12)c1cccc(Cl)c1Cl. The van der Waals surface area contributed by atoms with Crippen LogP contribution in [0.5, 0.6) is 0 Å². The molecule has 2 aromatic carbocycles. The molecule has 0 N–H and O–H groups in total. The number of hydrogen-bond acceptors (Lipinski definition) is 2. The zero-order valence-electron chi connectivity index (χ0n) is 10.4. The molecule has 0 fully saturated rings. The van der Waals surface area contributed by atoms with Crippen molar-refractivity contribution in [2.45, 2.75) is 6.42 Å². The van der Waals surface area contributed by atoms with Crippen molar-refractivity contribution in [1.29, 1.82) is 0 Å². The fourth-order valence-corrected chi connectivity index (χ4v) is 3.53. The molecule has 0 spiro atoms. The fourth-order valence-electron chi connectivity index (χ4n) is 2.16. The molecule has 100 valence electrons. The second-order valence-electron chi connectivity index (χ2n) is 4.46. The molecule has 0 saturated carbocycles. The lowest BCUT2D eigenvalue weighted by molar-refractivity contribution is 0.0993. The van der Waals surface area contributed by atoms with Crippen molar-refractivity contribution >= 4 is 50.4 Å². The molecule has 0 unspecified atom stereocenters. The van der Waals surface area contributed by atoms with Gasteiger partial charge in [0.05, 0.1) is 10.0 Å². The molecule has 1 nitrogen and oxygen atoms in total. The van der Waals surface area contributed by atoms with Gasteiger partial charge in [0.1, 0.15) is 0 Å². The number of ketones is 1. The van der Waals surface area contributed by atoms with E-state index in [2.05, 4.69) is 6.07 Å². The molecule has 4 heteroatoms. The first-order valence-electron chi connectivity index (χ1n) is 6.09. The number of Topliss-reactive ketones (excluding diaryl/α,β-unsaturated/α-hetero) is 1. The quantitative estimate of drug-likeness (QED) is 0.571. The van der Waals surface area contributed by atoms with Crippen LogP contribution in [0.1, 0.15) is 15.9 Å². The highest BCUT2D eigenvalue weighted by molar-refractivity contribution is 7.17. The van der Waals surface area contributed by atoms with E-state index in [1.807, 2.05) is 23.6 Å². The van der Waals surface area contributed by atoms with Crippen molar-refractivity contribution in [1.82, 2.24) is 0 Å². The highest BCUT2D eigenvalue weighted by atomic mass is 35.5. The molecule has 1 heterocycles. The number of benzene rings is 2. The van der Waals surface area contributed by atoms with E-state index in [9.17, 15) is 4.79 Å². The molecule has 3 aromatic rings. The van der Waals surface area contributed by atoms with Crippen LogP contribution in [0.3, 0.4) is 0 Å². The molecule has 3 rings (SSSR count). The normalized spacial score (nSPS) is 10.9. The van der Waals surface area contributed by atoms with Gasteiger partial charge in [0.15, 0.2) is 5.78 Å². The van der Waals surface area contributed by atoms with Crippen LogP contribution >= 0.6 is 34.5 Å². The lowest BCUT2D eigenvalue weighted by Gasteiger charge is -2.04. The van der Waals surface area contributed by atoms with E-state index < -0.39 is 0 Å². The molecule has 0 atom stereocenters. The van der Waals surface area contributed by atoms with Gasteiger partial charge in [0.2, 0.25) is 0 Å². The number of hydrogen-bond donors (Lipinski definition) is 0. The second-order valence-corrected chi connectivity index (χ2v) is 6.15. The largest absolute Gasteiger partial charge is 0.294 e. The summed E-state index contributed by atoms with van der Waals surface area (Å²) in [7, 11) is 0. The second kappa shape index (κ2) is 5.57. The Morgan fingerprint density at radius 1 is 1.05 bits per heavy atom. The lowest BCUT2D eigenvalue weighted by atomic mass is 10.0. The Kier molecular flexibility index (Phi) is 3.79. The van der Waals surface area contributed by atoms with Gasteiger partial charge in [-0.15, -0.1) is 11.3 Å². The smallest absolute Gasteiger partial charge is 0.168 e. The Morgan fingerprint density at radius 2 is 1.85 bits per heavy atom. The van der Waals surface area contributed by atoms with Crippen molar-refractivity contribution < 1.29 is 4.79 Å². The molecule has 0 saturated heterocycles. The van der Waals surface area contributed by atoms with Gasteiger partial charge in [-0.3, -0.25) is 4.79 Å². The summed E-state index contributed by atoms with van der Waals surface area (Å²) < 4.78 is 1.19. The third-order valence-electron chi connectivity index (χ3n) is 3.16. The summed E-state index contributed by atoms with van der Waals surface area (Å²) in [6.07, 6.45) is 0.337. The van der Waals surface area contributed by atoms with E-state index >= 15 is 0 Å². The summed E-state index contributed by atoms with van der Waals surface area (Å²) in [5.74, 6) is -0.0129. The molecular weight excluding hydrogens is 311 g/mol. The minimum atomic E-state index is -0.0129. The Morgan fingerprint density at radius 3 is 2.70 bits per heavy atom. The van der Waals surface area contributed by atoms with Crippen molar-refractivity contribution in [3.8, 4) is 0 Å². The van der Waals surface area contributed by atoms with E-state index in [-0.39, 0.29) is 5.78 Å². The predicted octanol–water partition coefficient (Wildman–Crippen LogP) is 5.63. The molecular formula is C16H10Cl2OS. The van der Waals surface area contributed by atoms with Crippen molar-refractivity contribution in [2.24, 2.45) is 0 Å². The zero-order valence-corrected chi connectivity index (χ0v) is 12.7. The van der Waals surface area contributed by atoms with Crippen molar-refractivity contribution in [2.75, 3.05) is 0 Å². The van der Waals surface area contributed by atoms with Crippen LogP contribution in [0, 0.1) is 0 Å². The average Bonchev–Trinajstić information content (AvgIpc) is 2.85. The number of carbonyl (C=O) groups excluding carboxylic acids is 1. The first kappa shape index (κ1) is 13.6.